The van der Waals surface area contributed by atoms with Crippen LogP contribution in [0.15, 0.2) is 221 Å². The van der Waals surface area contributed by atoms with Crippen molar-refractivity contribution in [3.8, 4) is 0 Å². The molecule has 244 valence electrons. The van der Waals surface area contributed by atoms with E-state index in [1.54, 1.807) is 12.4 Å². The van der Waals surface area contributed by atoms with Crippen LogP contribution in [0, 0.1) is 0 Å². The molecule has 0 aliphatic rings. The molecule has 51 heavy (non-hydrogen) atoms. The molecule has 0 spiro atoms. The third kappa shape index (κ3) is 8.37. The van der Waals surface area contributed by atoms with Crippen LogP contribution in [0.1, 0.15) is 33.4 Å². The van der Waals surface area contributed by atoms with E-state index in [9.17, 15) is 0 Å². The largest absolute Gasteiger partial charge is 0.311 e. The smallest absolute Gasteiger partial charge is 0.100 e. The topological polar surface area (TPSA) is 52.7 Å². The molecule has 5 nitrogen and oxygen atoms in total. The first-order chi connectivity index (χ1) is 25.3. The van der Waals surface area contributed by atoms with Gasteiger partial charge in [-0.3, -0.25) is 0 Å². The molecule has 5 heteroatoms. The molecule has 0 atom stereocenters. The van der Waals surface area contributed by atoms with Crippen LogP contribution in [-0.2, 0) is 0 Å². The Labute approximate surface area is 299 Å². The Morgan fingerprint density at radius 1 is 0.314 bits per heavy atom. The zero-order chi connectivity index (χ0) is 34.5. The lowest BCUT2D eigenvalue weighted by molar-refractivity contribution is 1.24. The van der Waals surface area contributed by atoms with Crippen molar-refractivity contribution in [1.82, 2.24) is 0 Å². The van der Waals surface area contributed by atoms with Crippen LogP contribution in [0.25, 0.3) is 0 Å². The van der Waals surface area contributed by atoms with Gasteiger partial charge in [-0.25, -0.2) is 0 Å². The Balaban J connectivity index is 1.12. The van der Waals surface area contributed by atoms with Crippen molar-refractivity contribution in [2.24, 2.45) is 20.4 Å². The number of hydrogen-bond donors (Lipinski definition) is 0. The summed E-state index contributed by atoms with van der Waals surface area (Å²) >= 11 is 0. The van der Waals surface area contributed by atoms with E-state index in [0.717, 1.165) is 61.9 Å². The monoisotopic (exact) mass is 657 g/mol. The summed E-state index contributed by atoms with van der Waals surface area (Å²) in [5.41, 5.74) is 10.7. The molecule has 0 N–H and O–H groups in total. The van der Waals surface area contributed by atoms with Gasteiger partial charge in [-0.15, -0.1) is 10.2 Å². The molecule has 0 aliphatic carbocycles. The lowest BCUT2D eigenvalue weighted by Gasteiger charge is -2.25. The quantitative estimate of drug-likeness (QED) is 0.101. The SMILES string of the molecule is C(=N\N=C(c1ccccc1)c1ccccc1)/c1ccc(N(c2ccccc2)c2ccc(/C=N/N=C(c3ccccc3)c3ccccc3)cc2)cc1. The van der Waals surface area contributed by atoms with Crippen LogP contribution in [-0.4, -0.2) is 23.9 Å². The fourth-order valence-corrected chi connectivity index (χ4v) is 5.70. The van der Waals surface area contributed by atoms with E-state index in [4.69, 9.17) is 0 Å². The van der Waals surface area contributed by atoms with Crippen LogP contribution in [0.3, 0.4) is 0 Å². The van der Waals surface area contributed by atoms with Crippen molar-refractivity contribution < 1.29 is 0 Å². The minimum absolute atomic E-state index is 0.826. The molecule has 0 amide bonds. The molecular weight excluding hydrogens is 623 g/mol. The van der Waals surface area contributed by atoms with Crippen molar-refractivity contribution in [1.29, 1.82) is 0 Å². The molecule has 0 saturated heterocycles. The van der Waals surface area contributed by atoms with Gasteiger partial charge in [0.1, 0.15) is 11.4 Å². The predicted octanol–water partition coefficient (Wildman–Crippen LogP) is 10.9. The van der Waals surface area contributed by atoms with Crippen molar-refractivity contribution >= 4 is 40.9 Å². The highest BCUT2D eigenvalue weighted by atomic mass is 15.2. The maximum absolute atomic E-state index is 4.64. The van der Waals surface area contributed by atoms with Crippen LogP contribution >= 0.6 is 0 Å². The highest BCUT2D eigenvalue weighted by Gasteiger charge is 2.12. The van der Waals surface area contributed by atoms with E-state index in [2.05, 4.69) is 147 Å². The summed E-state index contributed by atoms with van der Waals surface area (Å²) in [5.74, 6) is 0. The van der Waals surface area contributed by atoms with Crippen molar-refractivity contribution in [3.63, 3.8) is 0 Å². The zero-order valence-corrected chi connectivity index (χ0v) is 27.9. The molecule has 0 aliphatic heterocycles. The van der Waals surface area contributed by atoms with Gasteiger partial charge in [0.2, 0.25) is 0 Å². The average Bonchev–Trinajstić information content (AvgIpc) is 3.21. The zero-order valence-electron chi connectivity index (χ0n) is 27.9. The lowest BCUT2D eigenvalue weighted by atomic mass is 10.0. The molecule has 0 unspecified atom stereocenters. The molecule has 0 heterocycles. The fourth-order valence-electron chi connectivity index (χ4n) is 5.70. The first kappa shape index (κ1) is 32.6. The maximum atomic E-state index is 4.64. The van der Waals surface area contributed by atoms with Gasteiger partial charge >= 0.3 is 0 Å². The summed E-state index contributed by atoms with van der Waals surface area (Å²) in [5, 5.41) is 18.3. The molecule has 0 radical (unpaired) electrons. The van der Waals surface area contributed by atoms with E-state index in [0.29, 0.717) is 0 Å². The number of anilines is 3. The minimum Gasteiger partial charge on any atom is -0.311 e. The van der Waals surface area contributed by atoms with E-state index < -0.39 is 0 Å². The highest BCUT2D eigenvalue weighted by molar-refractivity contribution is 6.13. The number of benzene rings is 7. The molecule has 7 rings (SSSR count). The predicted molar refractivity (Wildman–Crippen MR) is 213 cm³/mol. The van der Waals surface area contributed by atoms with Crippen molar-refractivity contribution in [3.05, 3.63) is 234 Å². The van der Waals surface area contributed by atoms with E-state index >= 15 is 0 Å². The third-order valence-corrected chi connectivity index (χ3v) is 8.23. The Bertz CT molecular complexity index is 2020. The van der Waals surface area contributed by atoms with E-state index in [1.807, 2.05) is 78.9 Å². The van der Waals surface area contributed by atoms with Gasteiger partial charge in [0.05, 0.1) is 12.4 Å². The standard InChI is InChI=1S/C46H35N5/c1-6-16-38(17-7-1)45(39-18-8-2-9-19-39)49-47-34-36-26-30-43(31-27-36)51(42-24-14-5-15-25-42)44-32-28-37(29-33-44)35-48-50-46(40-20-10-3-11-21-40)41-22-12-4-13-23-41/h1-35H/b47-34+,48-35+. The van der Waals surface area contributed by atoms with Crippen molar-refractivity contribution in [2.45, 2.75) is 0 Å². The highest BCUT2D eigenvalue weighted by Crippen LogP contribution is 2.34. The lowest BCUT2D eigenvalue weighted by Crippen LogP contribution is -2.09. The Morgan fingerprint density at radius 2 is 0.588 bits per heavy atom. The Morgan fingerprint density at radius 3 is 0.902 bits per heavy atom. The first-order valence-electron chi connectivity index (χ1n) is 16.8. The summed E-state index contributed by atoms with van der Waals surface area (Å²) in [7, 11) is 0. The minimum atomic E-state index is 0.826. The Kier molecular flexibility index (Phi) is 10.5. The van der Waals surface area contributed by atoms with Gasteiger partial charge in [0.15, 0.2) is 0 Å². The molecule has 7 aromatic carbocycles. The summed E-state index contributed by atoms with van der Waals surface area (Å²) < 4.78 is 0. The second-order valence-electron chi connectivity index (χ2n) is 11.7. The van der Waals surface area contributed by atoms with Crippen LogP contribution in [0.5, 0.6) is 0 Å². The van der Waals surface area contributed by atoms with Gasteiger partial charge in [-0.05, 0) is 47.5 Å². The number of hydrogen-bond acceptors (Lipinski definition) is 5. The summed E-state index contributed by atoms with van der Waals surface area (Å²) in [6.45, 7) is 0. The van der Waals surface area contributed by atoms with Crippen molar-refractivity contribution in [2.75, 3.05) is 4.90 Å². The van der Waals surface area contributed by atoms with Gasteiger partial charge < -0.3 is 4.90 Å². The summed E-state index contributed by atoms with van der Waals surface area (Å²) in [4.78, 5) is 2.23. The normalized spacial score (nSPS) is 11.0. The Hall–Kier alpha value is -6.98. The second kappa shape index (κ2) is 16.4. The summed E-state index contributed by atoms with van der Waals surface area (Å²) in [6, 6.07) is 67.5. The number of nitrogens with zero attached hydrogens (tertiary/aromatic N) is 5. The number of rotatable bonds is 11. The molecule has 0 aromatic heterocycles. The van der Waals surface area contributed by atoms with Crippen LogP contribution < -0.4 is 4.90 Å². The molecular formula is C46H35N5. The van der Waals surface area contributed by atoms with Gasteiger partial charge in [0, 0.05) is 39.3 Å². The van der Waals surface area contributed by atoms with Gasteiger partial charge in [0.25, 0.3) is 0 Å². The van der Waals surface area contributed by atoms with Crippen LogP contribution in [0.2, 0.25) is 0 Å². The summed E-state index contributed by atoms with van der Waals surface area (Å²) in [6.07, 6.45) is 3.58. The number of para-hydroxylation sites is 1. The van der Waals surface area contributed by atoms with Crippen LogP contribution in [0.4, 0.5) is 17.1 Å². The molecule has 0 fully saturated rings. The maximum Gasteiger partial charge on any atom is 0.100 e. The van der Waals surface area contributed by atoms with Gasteiger partial charge in [-0.1, -0.05) is 164 Å². The van der Waals surface area contributed by atoms with Gasteiger partial charge in [-0.2, -0.15) is 10.2 Å². The fraction of sp³-hybridized carbons (Fsp3) is 0. The molecule has 0 bridgehead atoms. The van der Waals surface area contributed by atoms with E-state index in [-0.39, 0.29) is 0 Å². The third-order valence-electron chi connectivity index (χ3n) is 8.23. The second-order valence-corrected chi connectivity index (χ2v) is 11.7. The molecule has 7 aromatic rings. The average molecular weight is 658 g/mol. The van der Waals surface area contributed by atoms with E-state index in [1.165, 1.54) is 0 Å². The molecule has 0 saturated carbocycles. The first-order valence-corrected chi connectivity index (χ1v) is 16.8.